The normalized spacial score (nSPS) is 15.9. The van der Waals surface area contributed by atoms with Crippen molar-refractivity contribution in [2.45, 2.75) is 6.92 Å². The van der Waals surface area contributed by atoms with Crippen molar-refractivity contribution in [2.75, 3.05) is 31.2 Å². The summed E-state index contributed by atoms with van der Waals surface area (Å²) in [5, 5.41) is 10.1. The van der Waals surface area contributed by atoms with Gasteiger partial charge in [-0.05, 0) is 12.5 Å². The molecular weight excluding hydrogens is 248 g/mol. The zero-order valence-electron chi connectivity index (χ0n) is 10.0. The third-order valence-corrected chi connectivity index (χ3v) is 4.22. The number of fused-ring (bicyclic) bond motifs is 1. The Morgan fingerprint density at radius 1 is 1.39 bits per heavy atom. The van der Waals surface area contributed by atoms with Crippen molar-refractivity contribution in [2.24, 2.45) is 0 Å². The number of nitriles is 1. The molecule has 3 heterocycles. The van der Waals surface area contributed by atoms with Crippen LogP contribution in [0, 0.1) is 18.3 Å². The van der Waals surface area contributed by atoms with Gasteiger partial charge in [0.2, 0.25) is 0 Å². The standard InChI is InChI=1S/C12H12N4OS/c1-8-9(6-13)18-12-10(8)11(14-7-15-12)16-2-4-17-5-3-16/h7H,2-5H2,1H3. The maximum Gasteiger partial charge on any atom is 0.141 e. The molecule has 18 heavy (non-hydrogen) atoms. The number of aromatic nitrogens is 2. The number of hydrogen-bond acceptors (Lipinski definition) is 6. The molecule has 92 valence electrons. The van der Waals surface area contributed by atoms with Gasteiger partial charge in [-0.15, -0.1) is 11.3 Å². The summed E-state index contributed by atoms with van der Waals surface area (Å²) in [7, 11) is 0. The summed E-state index contributed by atoms with van der Waals surface area (Å²) in [5.74, 6) is 0.929. The molecule has 0 aliphatic carbocycles. The lowest BCUT2D eigenvalue weighted by molar-refractivity contribution is 0.122. The molecule has 1 aliphatic heterocycles. The molecular formula is C12H12N4OS. The smallest absolute Gasteiger partial charge is 0.141 e. The second-order valence-electron chi connectivity index (χ2n) is 4.14. The monoisotopic (exact) mass is 260 g/mol. The zero-order chi connectivity index (χ0) is 12.5. The summed E-state index contributed by atoms with van der Waals surface area (Å²) in [4.78, 5) is 12.5. The summed E-state index contributed by atoms with van der Waals surface area (Å²) < 4.78 is 5.36. The van der Waals surface area contributed by atoms with E-state index in [1.807, 2.05) is 6.92 Å². The van der Waals surface area contributed by atoms with Gasteiger partial charge in [0.15, 0.2) is 0 Å². The fraction of sp³-hybridized carbons (Fsp3) is 0.417. The van der Waals surface area contributed by atoms with Crippen LogP contribution in [-0.2, 0) is 4.74 Å². The van der Waals surface area contributed by atoms with Crippen molar-refractivity contribution in [3.05, 3.63) is 16.8 Å². The molecule has 0 atom stereocenters. The minimum Gasteiger partial charge on any atom is -0.378 e. The lowest BCUT2D eigenvalue weighted by Crippen LogP contribution is -2.36. The molecule has 1 fully saturated rings. The summed E-state index contributed by atoms with van der Waals surface area (Å²) in [6.07, 6.45) is 1.57. The van der Waals surface area contributed by atoms with Crippen LogP contribution in [0.2, 0.25) is 0 Å². The summed E-state index contributed by atoms with van der Waals surface area (Å²) in [6.45, 7) is 5.08. The van der Waals surface area contributed by atoms with E-state index in [2.05, 4.69) is 20.9 Å². The Balaban J connectivity index is 2.16. The predicted octanol–water partition coefficient (Wildman–Crippen LogP) is 1.71. The highest BCUT2D eigenvalue weighted by molar-refractivity contribution is 7.19. The molecule has 0 bridgehead atoms. The molecule has 0 unspecified atom stereocenters. The van der Waals surface area contributed by atoms with E-state index in [0.29, 0.717) is 0 Å². The minimum absolute atomic E-state index is 0.722. The third kappa shape index (κ3) is 1.72. The van der Waals surface area contributed by atoms with Gasteiger partial charge in [-0.25, -0.2) is 9.97 Å². The second kappa shape index (κ2) is 4.52. The van der Waals surface area contributed by atoms with Gasteiger partial charge in [-0.3, -0.25) is 0 Å². The predicted molar refractivity (Wildman–Crippen MR) is 69.9 cm³/mol. The van der Waals surface area contributed by atoms with Gasteiger partial charge in [0.1, 0.15) is 27.9 Å². The Morgan fingerprint density at radius 2 is 2.17 bits per heavy atom. The number of morpholine rings is 1. The molecule has 5 nitrogen and oxygen atoms in total. The van der Waals surface area contributed by atoms with Crippen molar-refractivity contribution in [3.8, 4) is 6.07 Å². The van der Waals surface area contributed by atoms with Gasteiger partial charge >= 0.3 is 0 Å². The highest BCUT2D eigenvalue weighted by atomic mass is 32.1. The lowest BCUT2D eigenvalue weighted by atomic mass is 10.2. The van der Waals surface area contributed by atoms with Crippen LogP contribution in [0.15, 0.2) is 6.33 Å². The molecule has 6 heteroatoms. The van der Waals surface area contributed by atoms with E-state index in [1.54, 1.807) is 6.33 Å². The SMILES string of the molecule is Cc1c(C#N)sc2ncnc(N3CCOCC3)c12. The first-order chi connectivity index (χ1) is 8.81. The van der Waals surface area contributed by atoms with Gasteiger partial charge in [-0.2, -0.15) is 5.26 Å². The first kappa shape index (κ1) is 11.4. The maximum absolute atomic E-state index is 9.10. The summed E-state index contributed by atoms with van der Waals surface area (Å²) in [6, 6.07) is 2.22. The topological polar surface area (TPSA) is 62.0 Å². The van der Waals surface area contributed by atoms with Crippen molar-refractivity contribution in [3.63, 3.8) is 0 Å². The molecule has 2 aromatic rings. The molecule has 0 N–H and O–H groups in total. The van der Waals surface area contributed by atoms with Crippen LogP contribution < -0.4 is 4.90 Å². The third-order valence-electron chi connectivity index (χ3n) is 3.12. The minimum atomic E-state index is 0.722. The number of hydrogen-bond donors (Lipinski definition) is 0. The van der Waals surface area contributed by atoms with E-state index in [1.165, 1.54) is 11.3 Å². The zero-order valence-corrected chi connectivity index (χ0v) is 10.8. The number of ether oxygens (including phenoxy) is 1. The average Bonchev–Trinajstić information content (AvgIpc) is 2.76. The summed E-state index contributed by atoms with van der Waals surface area (Å²) in [5.41, 5.74) is 0.986. The van der Waals surface area contributed by atoms with Gasteiger partial charge in [0.25, 0.3) is 0 Å². The van der Waals surface area contributed by atoms with Crippen LogP contribution in [-0.4, -0.2) is 36.3 Å². The average molecular weight is 260 g/mol. The van der Waals surface area contributed by atoms with E-state index in [0.717, 1.165) is 52.8 Å². The molecule has 0 aromatic carbocycles. The van der Waals surface area contributed by atoms with Crippen LogP contribution >= 0.6 is 11.3 Å². The van der Waals surface area contributed by atoms with Gasteiger partial charge in [0.05, 0.1) is 18.6 Å². The molecule has 3 rings (SSSR count). The van der Waals surface area contributed by atoms with Crippen LogP contribution in [0.4, 0.5) is 5.82 Å². The fourth-order valence-electron chi connectivity index (χ4n) is 2.17. The Morgan fingerprint density at radius 3 is 2.89 bits per heavy atom. The first-order valence-electron chi connectivity index (χ1n) is 5.78. The van der Waals surface area contributed by atoms with Crippen molar-refractivity contribution in [1.29, 1.82) is 5.26 Å². The molecule has 1 saturated heterocycles. The molecule has 0 spiro atoms. The molecule has 0 saturated carbocycles. The van der Waals surface area contributed by atoms with Gasteiger partial charge < -0.3 is 9.64 Å². The largest absolute Gasteiger partial charge is 0.378 e. The van der Waals surface area contributed by atoms with E-state index in [-0.39, 0.29) is 0 Å². The van der Waals surface area contributed by atoms with Crippen LogP contribution in [0.25, 0.3) is 10.2 Å². The number of thiophene rings is 1. The summed E-state index contributed by atoms with van der Waals surface area (Å²) >= 11 is 1.43. The second-order valence-corrected chi connectivity index (χ2v) is 5.14. The Hall–Kier alpha value is -1.71. The first-order valence-corrected chi connectivity index (χ1v) is 6.60. The van der Waals surface area contributed by atoms with Crippen molar-refractivity contribution in [1.82, 2.24) is 9.97 Å². The van der Waals surface area contributed by atoms with E-state index >= 15 is 0 Å². The number of nitrogens with zero attached hydrogens (tertiary/aromatic N) is 4. The van der Waals surface area contributed by atoms with Crippen molar-refractivity contribution >= 4 is 27.4 Å². The van der Waals surface area contributed by atoms with Crippen LogP contribution in [0.1, 0.15) is 10.4 Å². The number of aryl methyl sites for hydroxylation is 1. The molecule has 0 radical (unpaired) electrons. The van der Waals surface area contributed by atoms with Crippen molar-refractivity contribution < 1.29 is 4.74 Å². The molecule has 0 amide bonds. The number of anilines is 1. The van der Waals surface area contributed by atoms with Gasteiger partial charge in [0, 0.05) is 13.1 Å². The van der Waals surface area contributed by atoms with Crippen LogP contribution in [0.5, 0.6) is 0 Å². The Labute approximate surface area is 109 Å². The molecule has 2 aromatic heterocycles. The lowest BCUT2D eigenvalue weighted by Gasteiger charge is -2.28. The molecule has 1 aliphatic rings. The van der Waals surface area contributed by atoms with Gasteiger partial charge in [-0.1, -0.05) is 0 Å². The van der Waals surface area contributed by atoms with E-state index in [9.17, 15) is 0 Å². The fourth-order valence-corrected chi connectivity index (χ4v) is 3.12. The van der Waals surface area contributed by atoms with E-state index < -0.39 is 0 Å². The Bertz CT molecular complexity index is 625. The highest BCUT2D eigenvalue weighted by Gasteiger charge is 2.19. The van der Waals surface area contributed by atoms with E-state index in [4.69, 9.17) is 10.00 Å². The maximum atomic E-state index is 9.10. The highest BCUT2D eigenvalue weighted by Crippen LogP contribution is 2.34. The van der Waals surface area contributed by atoms with Crippen LogP contribution in [0.3, 0.4) is 0 Å². The quantitative estimate of drug-likeness (QED) is 0.781. The number of rotatable bonds is 1. The Kier molecular flexibility index (Phi) is 2.86.